The molecule has 3 heterocycles. The molecule has 2 aromatic heterocycles. The Balaban J connectivity index is 1.46. The molecule has 1 aliphatic heterocycles. The van der Waals surface area contributed by atoms with Crippen molar-refractivity contribution in [2.45, 2.75) is 19.6 Å². The molecule has 0 amide bonds. The normalized spacial score (nSPS) is 14.5. The molecule has 3 aromatic carbocycles. The predicted octanol–water partition coefficient (Wildman–Crippen LogP) is 7.54. The number of esters is 1. The Morgan fingerprint density at radius 2 is 1.83 bits per heavy atom. The predicted molar refractivity (Wildman–Crippen MR) is 184 cm³/mol. The fourth-order valence-electron chi connectivity index (χ4n) is 5.06. The zero-order valence-corrected chi connectivity index (χ0v) is 28.4. The summed E-state index contributed by atoms with van der Waals surface area (Å²) in [6, 6.07) is 21.1. The third-order valence-electron chi connectivity index (χ3n) is 7.12. The molecular weight excluding hydrogens is 687 g/mol. The number of halogens is 3. The summed E-state index contributed by atoms with van der Waals surface area (Å²) in [4.78, 5) is 33.8. The molecule has 0 radical (unpaired) electrons. The fourth-order valence-corrected chi connectivity index (χ4v) is 7.62. The first kappa shape index (κ1) is 32.1. The van der Waals surface area contributed by atoms with Gasteiger partial charge in [-0.1, -0.05) is 88.6 Å². The summed E-state index contributed by atoms with van der Waals surface area (Å²) in [6.45, 7) is 2.07. The van der Waals surface area contributed by atoms with E-state index in [0.717, 1.165) is 16.0 Å². The lowest BCUT2D eigenvalue weighted by Crippen LogP contribution is -2.39. The first-order chi connectivity index (χ1) is 22.3. The van der Waals surface area contributed by atoms with Crippen molar-refractivity contribution in [3.63, 3.8) is 0 Å². The maximum absolute atomic E-state index is 14.1. The zero-order valence-electron chi connectivity index (χ0n) is 24.5. The van der Waals surface area contributed by atoms with Gasteiger partial charge in [0.05, 0.1) is 34.5 Å². The standard InChI is InChI=1S/C34H25Cl3N2O5S2/c1-3-43-33(41)28-29(20-8-5-4-6-9-20)38-34-39(30(28)26-10-7-13-45-26)32(40)27(46-34)16-19-14-24(37)31(25(15-19)42-2)44-18-21-11-12-22(35)17-23(21)36/h4-17,30H,3,18H2,1-2H3/b27-16-/t30-/m1/s1. The molecule has 46 heavy (non-hydrogen) atoms. The van der Waals surface area contributed by atoms with E-state index in [2.05, 4.69) is 0 Å². The molecule has 0 unspecified atom stereocenters. The molecule has 1 atom stereocenters. The molecule has 0 spiro atoms. The van der Waals surface area contributed by atoms with Gasteiger partial charge in [-0.2, -0.15) is 0 Å². The Morgan fingerprint density at radius 3 is 2.52 bits per heavy atom. The number of nitrogens with zero attached hydrogens (tertiary/aromatic N) is 2. The van der Waals surface area contributed by atoms with Gasteiger partial charge in [0.2, 0.25) is 0 Å². The Hall–Kier alpha value is -3.86. The Kier molecular flexibility index (Phi) is 9.67. The van der Waals surface area contributed by atoms with Crippen molar-refractivity contribution in [3.8, 4) is 11.5 Å². The first-order valence-corrected chi connectivity index (χ1v) is 16.9. The van der Waals surface area contributed by atoms with E-state index in [-0.39, 0.29) is 23.8 Å². The van der Waals surface area contributed by atoms with Gasteiger partial charge in [0.15, 0.2) is 16.3 Å². The average Bonchev–Trinajstić information content (AvgIpc) is 3.69. The van der Waals surface area contributed by atoms with Crippen molar-refractivity contribution in [3.05, 3.63) is 140 Å². The largest absolute Gasteiger partial charge is 0.493 e. The van der Waals surface area contributed by atoms with E-state index in [9.17, 15) is 9.59 Å². The number of carbonyl (C=O) groups excluding carboxylic acids is 1. The molecule has 12 heteroatoms. The third kappa shape index (κ3) is 6.38. The number of fused-ring (bicyclic) bond motifs is 1. The Morgan fingerprint density at radius 1 is 1.02 bits per heavy atom. The minimum absolute atomic E-state index is 0.138. The third-order valence-corrected chi connectivity index (χ3v) is 9.90. The van der Waals surface area contributed by atoms with E-state index in [1.165, 1.54) is 29.8 Å². The SMILES string of the molecule is CCOC(=O)C1=C(c2ccccc2)N=c2s/c(=C\c3cc(Cl)c(OCc4ccc(Cl)cc4Cl)c(OC)c3)c(=O)n2[C@@H]1c1cccs1. The number of hydrogen-bond acceptors (Lipinski definition) is 8. The highest BCUT2D eigenvalue weighted by Crippen LogP contribution is 2.39. The molecule has 1 aliphatic rings. The molecule has 7 nitrogen and oxygen atoms in total. The minimum atomic E-state index is -0.721. The molecule has 0 aliphatic carbocycles. The van der Waals surface area contributed by atoms with Crippen molar-refractivity contribution >= 4 is 75.2 Å². The van der Waals surface area contributed by atoms with Crippen molar-refractivity contribution in [2.75, 3.05) is 13.7 Å². The smallest absolute Gasteiger partial charge is 0.338 e. The number of aromatic nitrogens is 1. The lowest BCUT2D eigenvalue weighted by molar-refractivity contribution is -0.138. The molecule has 0 fully saturated rings. The van der Waals surface area contributed by atoms with Crippen LogP contribution in [0.1, 0.15) is 34.5 Å². The minimum Gasteiger partial charge on any atom is -0.493 e. The molecule has 234 valence electrons. The van der Waals surface area contributed by atoms with E-state index in [1.807, 2.05) is 47.8 Å². The molecule has 6 rings (SSSR count). The summed E-state index contributed by atoms with van der Waals surface area (Å²) in [6.07, 6.45) is 1.72. The van der Waals surface area contributed by atoms with E-state index < -0.39 is 12.0 Å². The highest BCUT2D eigenvalue weighted by Gasteiger charge is 2.35. The van der Waals surface area contributed by atoms with E-state index in [0.29, 0.717) is 47.7 Å². The van der Waals surface area contributed by atoms with Crippen LogP contribution in [0.4, 0.5) is 0 Å². The van der Waals surface area contributed by atoms with Crippen molar-refractivity contribution in [1.82, 2.24) is 4.57 Å². The number of thiazole rings is 1. The second-order valence-electron chi connectivity index (χ2n) is 10.0. The second kappa shape index (κ2) is 13.9. The quantitative estimate of drug-likeness (QED) is 0.148. The Bertz CT molecular complexity index is 2140. The van der Waals surface area contributed by atoms with Crippen LogP contribution in [-0.2, 0) is 16.1 Å². The van der Waals surface area contributed by atoms with Gasteiger partial charge in [-0.15, -0.1) is 11.3 Å². The molecule has 0 N–H and O–H groups in total. The summed E-state index contributed by atoms with van der Waals surface area (Å²) in [5.41, 5.74) is 2.57. The maximum Gasteiger partial charge on any atom is 0.338 e. The number of carbonyl (C=O) groups is 1. The van der Waals surface area contributed by atoms with Gasteiger partial charge in [0.1, 0.15) is 12.6 Å². The molecule has 0 saturated heterocycles. The van der Waals surface area contributed by atoms with Gasteiger partial charge in [-0.3, -0.25) is 9.36 Å². The summed E-state index contributed by atoms with van der Waals surface area (Å²) in [5, 5.41) is 3.19. The van der Waals surface area contributed by atoms with Gasteiger partial charge in [0, 0.05) is 26.0 Å². The summed E-state index contributed by atoms with van der Waals surface area (Å²) < 4.78 is 19.1. The van der Waals surface area contributed by atoms with E-state index in [4.69, 9.17) is 54.0 Å². The maximum atomic E-state index is 14.1. The number of thiophene rings is 1. The van der Waals surface area contributed by atoms with Gasteiger partial charge in [-0.25, -0.2) is 9.79 Å². The summed E-state index contributed by atoms with van der Waals surface area (Å²) in [7, 11) is 1.51. The van der Waals surface area contributed by atoms with Gasteiger partial charge >= 0.3 is 5.97 Å². The van der Waals surface area contributed by atoms with Crippen molar-refractivity contribution < 1.29 is 19.0 Å². The highest BCUT2D eigenvalue weighted by molar-refractivity contribution is 7.10. The van der Waals surface area contributed by atoms with Crippen molar-refractivity contribution in [1.29, 1.82) is 0 Å². The molecule has 0 bridgehead atoms. The van der Waals surface area contributed by atoms with Gasteiger partial charge < -0.3 is 14.2 Å². The molecule has 0 saturated carbocycles. The Labute approximate surface area is 287 Å². The average molecular weight is 712 g/mol. The number of benzene rings is 3. The lowest BCUT2D eigenvalue weighted by Gasteiger charge is -2.24. The van der Waals surface area contributed by atoms with E-state index >= 15 is 0 Å². The highest BCUT2D eigenvalue weighted by atomic mass is 35.5. The zero-order chi connectivity index (χ0) is 32.4. The number of rotatable bonds is 9. The number of hydrogen-bond donors (Lipinski definition) is 0. The lowest BCUT2D eigenvalue weighted by atomic mass is 9.97. The molecular formula is C34H25Cl3N2O5S2. The number of ether oxygens (including phenoxy) is 3. The monoisotopic (exact) mass is 710 g/mol. The van der Waals surface area contributed by atoms with Crippen LogP contribution >= 0.6 is 57.5 Å². The van der Waals surface area contributed by atoms with Crippen LogP contribution in [0.3, 0.4) is 0 Å². The first-order valence-electron chi connectivity index (χ1n) is 14.0. The number of methoxy groups -OCH3 is 1. The van der Waals surface area contributed by atoms with Gasteiger partial charge in [-0.05, 0) is 54.3 Å². The van der Waals surface area contributed by atoms with Crippen LogP contribution in [0.5, 0.6) is 11.5 Å². The summed E-state index contributed by atoms with van der Waals surface area (Å²) >= 11 is 21.7. The van der Waals surface area contributed by atoms with Crippen LogP contribution in [0.15, 0.2) is 93.5 Å². The molecule has 5 aromatic rings. The van der Waals surface area contributed by atoms with Crippen LogP contribution in [0, 0.1) is 0 Å². The van der Waals surface area contributed by atoms with Crippen LogP contribution in [-0.4, -0.2) is 24.3 Å². The van der Waals surface area contributed by atoms with E-state index in [1.54, 1.807) is 47.9 Å². The van der Waals surface area contributed by atoms with Crippen molar-refractivity contribution in [2.24, 2.45) is 4.99 Å². The van der Waals surface area contributed by atoms with Crippen LogP contribution < -0.4 is 24.4 Å². The summed E-state index contributed by atoms with van der Waals surface area (Å²) in [5.74, 6) is 0.187. The van der Waals surface area contributed by atoms with Gasteiger partial charge in [0.25, 0.3) is 5.56 Å². The van der Waals surface area contributed by atoms with Crippen LogP contribution in [0.25, 0.3) is 11.8 Å². The topological polar surface area (TPSA) is 79.1 Å². The van der Waals surface area contributed by atoms with Crippen LogP contribution in [0.2, 0.25) is 15.1 Å². The second-order valence-corrected chi connectivity index (χ2v) is 13.2. The fraction of sp³-hybridized carbons (Fsp3) is 0.147.